The lowest BCUT2D eigenvalue weighted by Gasteiger charge is -2.13. The second-order valence-corrected chi connectivity index (χ2v) is 8.41. The van der Waals surface area contributed by atoms with Crippen LogP contribution in [0.15, 0.2) is 59.5 Å². The molecule has 4 N–H and O–H groups in total. The molecule has 0 bridgehead atoms. The summed E-state index contributed by atoms with van der Waals surface area (Å²) in [5, 5.41) is 11.5. The van der Waals surface area contributed by atoms with Gasteiger partial charge in [0.1, 0.15) is 23.1 Å². The van der Waals surface area contributed by atoms with Crippen LogP contribution >= 0.6 is 0 Å². The third-order valence-electron chi connectivity index (χ3n) is 6.40. The predicted octanol–water partition coefficient (Wildman–Crippen LogP) is 3.95. The molecular weight excluding hydrogens is 451 g/mol. The number of ether oxygens (including phenoxy) is 1. The van der Waals surface area contributed by atoms with Crippen molar-refractivity contribution >= 4 is 33.6 Å². The van der Waals surface area contributed by atoms with Crippen molar-refractivity contribution in [1.82, 2.24) is 14.5 Å². The number of carbonyl (C=O) groups is 1. The Hall–Kier alpha value is -4.66. The van der Waals surface area contributed by atoms with E-state index in [0.29, 0.717) is 34.0 Å². The Kier molecular flexibility index (Phi) is 4.60. The molecule has 4 heterocycles. The number of aromatic nitrogens is 3. The number of fused-ring (bicyclic) bond motifs is 4. The minimum Gasteiger partial charge on any atom is -0.492 e. The van der Waals surface area contributed by atoms with Crippen molar-refractivity contribution in [3.05, 3.63) is 87.7 Å². The first-order chi connectivity index (χ1) is 16.9. The average Bonchev–Trinajstić information content (AvgIpc) is 3.43. The molecule has 0 aliphatic carbocycles. The van der Waals surface area contributed by atoms with E-state index in [1.807, 2.05) is 24.3 Å². The normalized spacial score (nSPS) is 12.7. The fraction of sp³-hybridized carbons (Fsp3) is 0.115. The molecule has 2 aromatic carbocycles. The van der Waals surface area contributed by atoms with E-state index in [4.69, 9.17) is 10.5 Å². The minimum atomic E-state index is -1.25. The van der Waals surface area contributed by atoms with Crippen molar-refractivity contribution in [2.24, 2.45) is 0 Å². The number of pyridine rings is 2. The maximum atomic E-state index is 15.1. The molecule has 0 amide bonds. The van der Waals surface area contributed by atoms with Gasteiger partial charge in [-0.3, -0.25) is 4.79 Å². The number of aromatic carboxylic acids is 1. The smallest absolute Gasteiger partial charge is 0.353 e. The van der Waals surface area contributed by atoms with Crippen LogP contribution < -0.4 is 16.0 Å². The lowest BCUT2D eigenvalue weighted by atomic mass is 10.00. The first kappa shape index (κ1) is 20.9. The van der Waals surface area contributed by atoms with E-state index in [0.717, 1.165) is 5.39 Å². The zero-order valence-corrected chi connectivity index (χ0v) is 18.3. The maximum Gasteiger partial charge on any atom is 0.353 e. The Morgan fingerprint density at radius 3 is 2.86 bits per heavy atom. The molecular formula is C26H19FN4O4. The quantitative estimate of drug-likeness (QED) is 0.366. The van der Waals surface area contributed by atoms with Crippen LogP contribution in [0.3, 0.4) is 0 Å². The summed E-state index contributed by atoms with van der Waals surface area (Å²) in [7, 11) is 0. The summed E-state index contributed by atoms with van der Waals surface area (Å²) in [6.07, 6.45) is 1.83. The van der Waals surface area contributed by atoms with E-state index in [9.17, 15) is 14.7 Å². The van der Waals surface area contributed by atoms with E-state index < -0.39 is 17.3 Å². The molecule has 1 aliphatic rings. The van der Waals surface area contributed by atoms with Gasteiger partial charge in [0.25, 0.3) is 5.56 Å². The highest BCUT2D eigenvalue weighted by atomic mass is 19.1. The van der Waals surface area contributed by atoms with Gasteiger partial charge in [-0.1, -0.05) is 18.2 Å². The van der Waals surface area contributed by atoms with Gasteiger partial charge in [-0.05, 0) is 35.9 Å². The van der Waals surface area contributed by atoms with Crippen molar-refractivity contribution in [3.8, 4) is 16.9 Å². The molecule has 5 aromatic rings. The first-order valence-electron chi connectivity index (χ1n) is 11.0. The van der Waals surface area contributed by atoms with E-state index in [-0.39, 0.29) is 41.5 Å². The number of rotatable bonds is 4. The molecule has 6 rings (SSSR count). The zero-order chi connectivity index (χ0) is 24.3. The van der Waals surface area contributed by atoms with E-state index in [1.54, 1.807) is 18.2 Å². The standard InChI is InChI=1S/C26H19FN4O4/c27-17-11-19-22(24-15(17)7-9-35-24)21(16-5-3-8-29-25(16)32)23(26(33)34)31(19)12-13-10-20(28)30-18-6-2-1-4-14(13)18/h1-6,8,10-11H,7,9,12H2,(H2,28,30)(H,29,32)(H,33,34). The summed E-state index contributed by atoms with van der Waals surface area (Å²) in [4.78, 5) is 32.4. The molecule has 1 aliphatic heterocycles. The largest absolute Gasteiger partial charge is 0.492 e. The van der Waals surface area contributed by atoms with Crippen LogP contribution in [0.5, 0.6) is 5.75 Å². The lowest BCUT2D eigenvalue weighted by molar-refractivity contribution is 0.0687. The summed E-state index contributed by atoms with van der Waals surface area (Å²) in [5.41, 5.74) is 7.86. The highest BCUT2D eigenvalue weighted by Gasteiger charge is 2.32. The van der Waals surface area contributed by atoms with Crippen LogP contribution in [0.2, 0.25) is 0 Å². The summed E-state index contributed by atoms with van der Waals surface area (Å²) in [6.45, 7) is 0.337. The van der Waals surface area contributed by atoms with E-state index >= 15 is 4.39 Å². The monoisotopic (exact) mass is 470 g/mol. The Labute approximate surface area is 197 Å². The van der Waals surface area contributed by atoms with Crippen molar-refractivity contribution in [2.75, 3.05) is 12.3 Å². The van der Waals surface area contributed by atoms with Gasteiger partial charge in [0.05, 0.1) is 28.6 Å². The molecule has 0 unspecified atom stereocenters. The number of aromatic amines is 1. The number of carboxylic acids is 1. The van der Waals surface area contributed by atoms with Gasteiger partial charge in [0.15, 0.2) is 0 Å². The summed E-state index contributed by atoms with van der Waals surface area (Å²) in [5.74, 6) is -1.17. The Morgan fingerprint density at radius 1 is 1.23 bits per heavy atom. The molecule has 3 aromatic heterocycles. The van der Waals surface area contributed by atoms with Crippen molar-refractivity contribution < 1.29 is 19.0 Å². The van der Waals surface area contributed by atoms with Crippen LogP contribution in [-0.4, -0.2) is 32.2 Å². The maximum absolute atomic E-state index is 15.1. The lowest BCUT2D eigenvalue weighted by Crippen LogP contribution is -2.14. The van der Waals surface area contributed by atoms with Crippen molar-refractivity contribution in [2.45, 2.75) is 13.0 Å². The van der Waals surface area contributed by atoms with Crippen LogP contribution in [0.4, 0.5) is 10.2 Å². The number of anilines is 1. The number of halogens is 1. The number of H-pyrrole nitrogens is 1. The Morgan fingerprint density at radius 2 is 2.06 bits per heavy atom. The number of nitrogens with zero attached hydrogens (tertiary/aromatic N) is 2. The number of benzene rings is 2. The summed E-state index contributed by atoms with van der Waals surface area (Å²) in [6, 6.07) is 13.5. The molecule has 9 heteroatoms. The predicted molar refractivity (Wildman–Crippen MR) is 129 cm³/mol. The van der Waals surface area contributed by atoms with Gasteiger partial charge in [0.2, 0.25) is 0 Å². The number of nitrogen functional groups attached to an aromatic ring is 1. The molecule has 174 valence electrons. The molecule has 8 nitrogen and oxygen atoms in total. The Balaban J connectivity index is 1.74. The van der Waals surface area contributed by atoms with E-state index in [1.165, 1.54) is 16.8 Å². The topological polar surface area (TPSA) is 123 Å². The zero-order valence-electron chi connectivity index (χ0n) is 18.3. The molecule has 0 saturated carbocycles. The molecule has 0 saturated heterocycles. The van der Waals surface area contributed by atoms with Gasteiger partial charge >= 0.3 is 5.97 Å². The second kappa shape index (κ2) is 7.69. The van der Waals surface area contributed by atoms with Gasteiger partial charge in [-0.25, -0.2) is 14.2 Å². The molecule has 0 spiro atoms. The third kappa shape index (κ3) is 3.16. The number of nitrogens with two attached hydrogens (primary N) is 1. The van der Waals surface area contributed by atoms with Gasteiger partial charge in [0, 0.05) is 35.7 Å². The highest BCUT2D eigenvalue weighted by Crippen LogP contribution is 2.44. The van der Waals surface area contributed by atoms with Gasteiger partial charge in [-0.15, -0.1) is 0 Å². The highest BCUT2D eigenvalue weighted by molar-refractivity contribution is 6.11. The summed E-state index contributed by atoms with van der Waals surface area (Å²) >= 11 is 0. The summed E-state index contributed by atoms with van der Waals surface area (Å²) < 4.78 is 22.4. The number of carboxylic acid groups (broad SMARTS) is 1. The number of nitrogens with one attached hydrogen (secondary N) is 1. The van der Waals surface area contributed by atoms with Crippen LogP contribution in [-0.2, 0) is 13.0 Å². The number of hydrogen-bond donors (Lipinski definition) is 3. The first-order valence-corrected chi connectivity index (χ1v) is 11.0. The third-order valence-corrected chi connectivity index (χ3v) is 6.40. The van der Waals surface area contributed by atoms with Crippen LogP contribution in [0.1, 0.15) is 21.6 Å². The SMILES string of the molecule is Nc1cc(Cn2c(C(=O)O)c(-c3ccc[nH]c3=O)c3c4c(c(F)cc32)CCO4)c2ccccc2n1. The van der Waals surface area contributed by atoms with Crippen molar-refractivity contribution in [1.29, 1.82) is 0 Å². The molecule has 0 atom stereocenters. The van der Waals surface area contributed by atoms with Gasteiger partial charge < -0.3 is 25.1 Å². The number of para-hydroxylation sites is 1. The fourth-order valence-corrected chi connectivity index (χ4v) is 4.97. The molecule has 0 radical (unpaired) electrons. The Bertz CT molecular complexity index is 1740. The van der Waals surface area contributed by atoms with Crippen molar-refractivity contribution in [3.63, 3.8) is 0 Å². The second-order valence-electron chi connectivity index (χ2n) is 8.41. The molecule has 35 heavy (non-hydrogen) atoms. The van der Waals surface area contributed by atoms with Gasteiger partial charge in [-0.2, -0.15) is 0 Å². The van der Waals surface area contributed by atoms with E-state index in [2.05, 4.69) is 9.97 Å². The average molecular weight is 470 g/mol. The van der Waals surface area contributed by atoms with Crippen LogP contribution in [0, 0.1) is 5.82 Å². The van der Waals surface area contributed by atoms with Crippen LogP contribution in [0.25, 0.3) is 32.9 Å². The minimum absolute atomic E-state index is 0.0638. The fourth-order valence-electron chi connectivity index (χ4n) is 4.97. The molecule has 0 fully saturated rings. The number of hydrogen-bond acceptors (Lipinski definition) is 5.